The molecule has 0 aliphatic heterocycles. The molecule has 0 amide bonds. The minimum absolute atomic E-state index is 0. The van der Waals surface area contributed by atoms with Gasteiger partial charge in [0.25, 0.3) is 0 Å². The van der Waals surface area contributed by atoms with Crippen molar-refractivity contribution in [2.24, 2.45) is 0 Å². The number of hydrogen-bond acceptors (Lipinski definition) is 2. The van der Waals surface area contributed by atoms with E-state index in [-0.39, 0.29) is 30.7 Å². The molecule has 36 heavy (non-hydrogen) atoms. The Morgan fingerprint density at radius 3 is 2.00 bits per heavy atom. The number of fused-ring (bicyclic) bond motifs is 4. The molecule has 187 valence electrons. The van der Waals surface area contributed by atoms with Gasteiger partial charge in [-0.25, -0.2) is 0 Å². The van der Waals surface area contributed by atoms with Crippen molar-refractivity contribution in [3.05, 3.63) is 100 Å². The van der Waals surface area contributed by atoms with Crippen LogP contribution in [0, 0.1) is 0 Å². The molecular weight excluding hydrogens is 583 g/mol. The molecule has 2 atom stereocenters. The van der Waals surface area contributed by atoms with E-state index < -0.39 is 31.1 Å². The van der Waals surface area contributed by atoms with Crippen molar-refractivity contribution in [1.82, 2.24) is 0 Å². The van der Waals surface area contributed by atoms with Crippen LogP contribution in [0.15, 0.2) is 72.5 Å². The van der Waals surface area contributed by atoms with Gasteiger partial charge in [0.2, 0.25) is 0 Å². The zero-order valence-electron chi connectivity index (χ0n) is 21.8. The monoisotopic (exact) mass is 613 g/mol. The zero-order chi connectivity index (χ0) is 24.0. The quantitative estimate of drug-likeness (QED) is 0.394. The summed E-state index contributed by atoms with van der Waals surface area (Å²) in [6.45, 7) is 14.1. The van der Waals surface area contributed by atoms with Gasteiger partial charge in [-0.2, -0.15) is 0 Å². The third-order valence-electron chi connectivity index (χ3n) is 6.44. The maximum atomic E-state index is 6.71. The Balaban J connectivity index is 0.00000180. The van der Waals surface area contributed by atoms with Crippen molar-refractivity contribution in [1.29, 1.82) is 0 Å². The number of rotatable bonds is 6. The second-order valence-electron chi connectivity index (χ2n) is 10.3. The summed E-state index contributed by atoms with van der Waals surface area (Å²) in [6.07, 6.45) is 0. The average Bonchev–Trinajstić information content (AvgIpc) is 3.26. The van der Waals surface area contributed by atoms with Crippen LogP contribution in [0.25, 0.3) is 16.9 Å². The number of benzene rings is 3. The van der Waals surface area contributed by atoms with Crippen LogP contribution in [0.3, 0.4) is 0 Å². The zero-order valence-corrected chi connectivity index (χ0v) is 26.8. The van der Waals surface area contributed by atoms with Crippen molar-refractivity contribution in [3.8, 4) is 11.1 Å². The first-order valence-corrected chi connectivity index (χ1v) is 18.3. The third kappa shape index (κ3) is 5.25. The van der Waals surface area contributed by atoms with Gasteiger partial charge in [0.1, 0.15) is 0 Å². The van der Waals surface area contributed by atoms with Crippen LogP contribution in [-0.4, -0.2) is 18.1 Å². The van der Waals surface area contributed by atoms with Crippen LogP contribution in [0.1, 0.15) is 58.1 Å². The molecule has 2 nitrogen and oxygen atoms in total. The molecule has 0 radical (unpaired) electrons. The van der Waals surface area contributed by atoms with Crippen molar-refractivity contribution in [3.63, 3.8) is 0 Å². The SMILES string of the molecule is CCOC1=C(O[Si](C)(C)C)c2ccccc2C1c1cccc2c1[CH]([Zr+2]=[C](C)C)c1ccccc1-2.[Cl-].[Cl-]. The summed E-state index contributed by atoms with van der Waals surface area (Å²) in [6, 6.07) is 24.7. The Morgan fingerprint density at radius 1 is 0.778 bits per heavy atom. The second-order valence-corrected chi connectivity index (χ2v) is 19.3. The van der Waals surface area contributed by atoms with Crippen molar-refractivity contribution >= 4 is 17.3 Å². The summed E-state index contributed by atoms with van der Waals surface area (Å²) in [5, 5.41) is 0. The molecule has 2 aliphatic rings. The van der Waals surface area contributed by atoms with E-state index in [0.717, 1.165) is 11.5 Å². The topological polar surface area (TPSA) is 18.5 Å². The maximum absolute atomic E-state index is 6.71. The smallest absolute Gasteiger partial charge is 1.00 e. The molecule has 0 saturated heterocycles. The van der Waals surface area contributed by atoms with Crippen molar-refractivity contribution < 1.29 is 56.7 Å². The molecule has 0 aromatic heterocycles. The van der Waals surface area contributed by atoms with E-state index in [9.17, 15) is 0 Å². The van der Waals surface area contributed by atoms with Crippen LogP contribution < -0.4 is 24.8 Å². The van der Waals surface area contributed by atoms with E-state index in [0.29, 0.717) is 10.2 Å². The standard InChI is InChI=1S/C27H27O2Si.C3H6.2ClH.Zr/c1-5-28-27-25(21-13-8-9-14-23(21)26(27)29-30(2,3)4)22-16-10-15-20-19-12-7-6-11-18(19)17-24(20)22;1-3-2;;;/h6-17,25H,5H2,1-4H3;1-2H3;2*1H;/q;;;;+2/p-2. The van der Waals surface area contributed by atoms with Crippen molar-refractivity contribution in [2.75, 3.05) is 6.61 Å². The number of hydrogen-bond donors (Lipinski definition) is 0. The Bertz CT molecular complexity index is 1320. The van der Waals surface area contributed by atoms with Gasteiger partial charge in [-0.3, -0.25) is 0 Å². The van der Waals surface area contributed by atoms with Gasteiger partial charge in [0.15, 0.2) is 0 Å². The minimum Gasteiger partial charge on any atom is -1.00 e. The van der Waals surface area contributed by atoms with Gasteiger partial charge in [0.05, 0.1) is 0 Å². The molecule has 0 spiro atoms. The summed E-state index contributed by atoms with van der Waals surface area (Å²) in [5.41, 5.74) is 9.77. The molecule has 0 heterocycles. The molecule has 3 aromatic rings. The molecule has 0 bridgehead atoms. The van der Waals surface area contributed by atoms with Crippen molar-refractivity contribution in [2.45, 2.75) is 50.0 Å². The maximum Gasteiger partial charge on any atom is -1.00 e. The first-order chi connectivity index (χ1) is 16.3. The van der Waals surface area contributed by atoms with Gasteiger partial charge in [0, 0.05) is 0 Å². The Hall–Kier alpha value is -1.45. The van der Waals surface area contributed by atoms with Crippen LogP contribution in [-0.2, 0) is 31.9 Å². The molecule has 5 rings (SSSR count). The predicted molar refractivity (Wildman–Crippen MR) is 141 cm³/mol. The Morgan fingerprint density at radius 2 is 1.36 bits per heavy atom. The second kappa shape index (κ2) is 11.5. The molecule has 3 aromatic carbocycles. The fourth-order valence-electron chi connectivity index (χ4n) is 5.37. The van der Waals surface area contributed by atoms with Crippen LogP contribution in [0.4, 0.5) is 0 Å². The first-order valence-electron chi connectivity index (χ1n) is 12.2. The molecule has 6 heteroatoms. The number of allylic oxidation sites excluding steroid dienone is 1. The van der Waals surface area contributed by atoms with E-state index in [2.05, 4.69) is 107 Å². The van der Waals surface area contributed by atoms with Gasteiger partial charge in [-0.1, -0.05) is 0 Å². The molecule has 2 unspecified atom stereocenters. The average molecular weight is 616 g/mol. The molecule has 0 N–H and O–H groups in total. The third-order valence-corrected chi connectivity index (χ3v) is 10.9. The van der Waals surface area contributed by atoms with E-state index in [1.54, 1.807) is 3.21 Å². The minimum atomic E-state index is -1.83. The fourth-order valence-corrected chi connectivity index (χ4v) is 9.75. The summed E-state index contributed by atoms with van der Waals surface area (Å²) >= 11 is -0.790. The van der Waals surface area contributed by atoms with Crippen LogP contribution >= 0.6 is 0 Å². The van der Waals surface area contributed by atoms with E-state index in [1.807, 2.05) is 0 Å². The summed E-state index contributed by atoms with van der Waals surface area (Å²) in [7, 11) is -1.83. The number of ether oxygens (including phenoxy) is 1. The summed E-state index contributed by atoms with van der Waals surface area (Å²) in [4.78, 5) is 0. The van der Waals surface area contributed by atoms with Gasteiger partial charge < -0.3 is 24.8 Å². The Kier molecular flexibility index (Phi) is 9.31. The van der Waals surface area contributed by atoms with Gasteiger partial charge in [-0.05, 0) is 0 Å². The van der Waals surface area contributed by atoms with Gasteiger partial charge in [-0.15, -0.1) is 0 Å². The molecule has 2 aliphatic carbocycles. The summed E-state index contributed by atoms with van der Waals surface area (Å²) in [5.74, 6) is 2.03. The van der Waals surface area contributed by atoms with E-state index >= 15 is 0 Å². The van der Waals surface area contributed by atoms with E-state index in [1.165, 1.54) is 38.9 Å². The summed E-state index contributed by atoms with van der Waals surface area (Å²) < 4.78 is 15.3. The Labute approximate surface area is 240 Å². The fraction of sp³-hybridized carbons (Fsp3) is 0.300. The van der Waals surface area contributed by atoms with Crippen LogP contribution in [0.5, 0.6) is 0 Å². The predicted octanol–water partition coefficient (Wildman–Crippen LogP) is 1.76. The normalized spacial score (nSPS) is 17.2. The van der Waals surface area contributed by atoms with Gasteiger partial charge >= 0.3 is 217 Å². The largest absolute Gasteiger partial charge is 1.00 e. The molecule has 0 fully saturated rings. The van der Waals surface area contributed by atoms with Crippen LogP contribution in [0.2, 0.25) is 19.6 Å². The first kappa shape index (κ1) is 29.1. The molecular formula is C30H33Cl2O2SiZr. The molecule has 0 saturated carbocycles. The van der Waals surface area contributed by atoms with E-state index in [4.69, 9.17) is 9.16 Å². The number of halogens is 2.